The predicted molar refractivity (Wildman–Crippen MR) is 416 cm³/mol. The van der Waals surface area contributed by atoms with E-state index in [-0.39, 0.29) is 0 Å². The van der Waals surface area contributed by atoms with Crippen molar-refractivity contribution in [2.45, 2.75) is 5.41 Å². The van der Waals surface area contributed by atoms with E-state index in [2.05, 4.69) is 397 Å². The van der Waals surface area contributed by atoms with Crippen molar-refractivity contribution in [3.8, 4) is 112 Å². The summed E-state index contributed by atoms with van der Waals surface area (Å²) in [4.78, 5) is 0. The van der Waals surface area contributed by atoms with Gasteiger partial charge in [0.15, 0.2) is 0 Å². The summed E-state index contributed by atoms with van der Waals surface area (Å²) in [5, 5.41) is 4.68. The standard InChI is InChI=1S/C97H64N2/c1-7-29-65(30-8-1)75-41-19-23-45-79(75)69-51-55-91-85(59-69)86-60-70(80-46-24-20-42-76(80)66-31-9-2-10-32-66)52-56-92(86)98(91)95-63-84-83-49-27-28-50-89(83)97(73-37-15-5-16-38-73,74-39-17-6-18-40-74)90(84)64-96(95)99-93-57-53-71(81-47-25-21-43-77(81)67-33-11-3-12-34-67)61-87(93)88-62-72(54-58-94(88)99)82-48-26-22-44-78(82)68-35-13-4-14-36-68/h1-64H. The molecule has 0 aliphatic heterocycles. The molecule has 19 rings (SSSR count). The van der Waals surface area contributed by atoms with E-state index in [0.717, 1.165) is 55.7 Å². The number of fused-ring (bicyclic) bond motifs is 9. The summed E-state index contributed by atoms with van der Waals surface area (Å²) >= 11 is 0. The van der Waals surface area contributed by atoms with E-state index in [9.17, 15) is 0 Å². The topological polar surface area (TPSA) is 9.86 Å². The molecule has 462 valence electrons. The number of benzene rings is 16. The fraction of sp³-hybridized carbons (Fsp3) is 0.0103. The maximum absolute atomic E-state index is 2.61. The molecule has 1 aliphatic carbocycles. The number of hydrogen-bond donors (Lipinski definition) is 0. The molecule has 0 bridgehead atoms. The first kappa shape index (κ1) is 57.6. The van der Waals surface area contributed by atoms with Gasteiger partial charge in [-0.2, -0.15) is 0 Å². The van der Waals surface area contributed by atoms with Crippen LogP contribution >= 0.6 is 0 Å². The van der Waals surface area contributed by atoms with Crippen LogP contribution in [0.5, 0.6) is 0 Å². The van der Waals surface area contributed by atoms with Crippen LogP contribution in [0.15, 0.2) is 388 Å². The molecule has 0 fully saturated rings. The van der Waals surface area contributed by atoms with Crippen LogP contribution < -0.4 is 0 Å². The third-order valence-electron chi connectivity index (χ3n) is 20.9. The molecule has 0 amide bonds. The molecule has 0 radical (unpaired) electrons. The molecule has 2 nitrogen and oxygen atoms in total. The van der Waals surface area contributed by atoms with Crippen molar-refractivity contribution < 1.29 is 0 Å². The average Bonchev–Trinajstić information content (AvgIpc) is 1.54. The van der Waals surface area contributed by atoms with Gasteiger partial charge in [-0.25, -0.2) is 0 Å². The van der Waals surface area contributed by atoms with Gasteiger partial charge in [0, 0.05) is 21.5 Å². The highest BCUT2D eigenvalue weighted by Crippen LogP contribution is 2.58. The summed E-state index contributed by atoms with van der Waals surface area (Å²) in [6, 6.07) is 145. The molecule has 16 aromatic carbocycles. The van der Waals surface area contributed by atoms with Crippen molar-refractivity contribution in [3.63, 3.8) is 0 Å². The number of aromatic nitrogens is 2. The normalized spacial score (nSPS) is 12.3. The Balaban J connectivity index is 0.949. The summed E-state index contributed by atoms with van der Waals surface area (Å²) in [5.41, 5.74) is 32.2. The Labute approximate surface area is 576 Å². The second-order valence-electron chi connectivity index (χ2n) is 26.2. The van der Waals surface area contributed by atoms with Crippen LogP contribution in [0.3, 0.4) is 0 Å². The first-order chi connectivity index (χ1) is 49.1. The van der Waals surface area contributed by atoms with Crippen LogP contribution in [0, 0.1) is 0 Å². The van der Waals surface area contributed by atoms with Gasteiger partial charge >= 0.3 is 0 Å². The van der Waals surface area contributed by atoms with E-state index < -0.39 is 5.41 Å². The maximum atomic E-state index is 2.61. The Morgan fingerprint density at radius 2 is 0.404 bits per heavy atom. The van der Waals surface area contributed by atoms with Crippen molar-refractivity contribution in [2.75, 3.05) is 0 Å². The molecular weight excluding hydrogens is 1190 g/mol. The van der Waals surface area contributed by atoms with Gasteiger partial charge in [0.25, 0.3) is 0 Å². The third kappa shape index (κ3) is 9.40. The van der Waals surface area contributed by atoms with Crippen LogP contribution in [-0.2, 0) is 5.41 Å². The first-order valence-corrected chi connectivity index (χ1v) is 34.3. The lowest BCUT2D eigenvalue weighted by molar-refractivity contribution is 0.767. The SMILES string of the molecule is c1ccc(-c2ccccc2-c2ccc3c(c2)c2cc(-c4ccccc4-c4ccccc4)ccc2n3-c2cc3c(cc2-n2c4ccc(-c5ccccc5-c5ccccc5)cc4c4cc(-c5ccccc5-c5ccccc5)ccc42)C(c2ccccc2)(c2ccccc2)c2ccccc2-3)cc1. The van der Waals surface area contributed by atoms with Gasteiger partial charge in [0.1, 0.15) is 0 Å². The number of nitrogens with zero attached hydrogens (tertiary/aromatic N) is 2. The lowest BCUT2D eigenvalue weighted by atomic mass is 9.67. The second-order valence-corrected chi connectivity index (χ2v) is 26.2. The highest BCUT2D eigenvalue weighted by atomic mass is 15.1. The fourth-order valence-corrected chi connectivity index (χ4v) is 16.5. The summed E-state index contributed by atoms with van der Waals surface area (Å²) in [6.07, 6.45) is 0. The molecule has 2 aromatic heterocycles. The zero-order chi connectivity index (χ0) is 65.4. The lowest BCUT2D eigenvalue weighted by Crippen LogP contribution is -2.28. The van der Waals surface area contributed by atoms with Crippen LogP contribution in [0.1, 0.15) is 22.3 Å². The van der Waals surface area contributed by atoms with Gasteiger partial charge in [-0.1, -0.05) is 328 Å². The Kier molecular flexibility index (Phi) is 13.8. The summed E-state index contributed by atoms with van der Waals surface area (Å²) in [6.45, 7) is 0. The molecule has 1 aliphatic rings. The molecular formula is C97H64N2. The Bertz CT molecular complexity index is 5800. The first-order valence-electron chi connectivity index (χ1n) is 34.3. The van der Waals surface area contributed by atoms with E-state index >= 15 is 0 Å². The molecule has 2 heterocycles. The molecule has 0 N–H and O–H groups in total. The quantitative estimate of drug-likeness (QED) is 0.115. The third-order valence-corrected chi connectivity index (χ3v) is 20.9. The smallest absolute Gasteiger partial charge is 0.0714 e. The summed E-state index contributed by atoms with van der Waals surface area (Å²) in [5.74, 6) is 0. The van der Waals surface area contributed by atoms with Gasteiger partial charge < -0.3 is 9.13 Å². The molecule has 0 saturated heterocycles. The van der Waals surface area contributed by atoms with Gasteiger partial charge in [0.2, 0.25) is 0 Å². The highest BCUT2D eigenvalue weighted by molar-refractivity contribution is 6.15. The monoisotopic (exact) mass is 1260 g/mol. The maximum Gasteiger partial charge on any atom is 0.0714 e. The van der Waals surface area contributed by atoms with Crippen LogP contribution in [-0.4, -0.2) is 9.13 Å². The minimum atomic E-state index is -0.688. The van der Waals surface area contributed by atoms with Gasteiger partial charge in [-0.15, -0.1) is 0 Å². The van der Waals surface area contributed by atoms with Gasteiger partial charge in [-0.05, 0) is 183 Å². The predicted octanol–water partition coefficient (Wildman–Crippen LogP) is 25.6. The van der Waals surface area contributed by atoms with Crippen molar-refractivity contribution in [1.82, 2.24) is 9.13 Å². The Morgan fingerprint density at radius 3 is 0.707 bits per heavy atom. The van der Waals surface area contributed by atoms with E-state index in [1.54, 1.807) is 0 Å². The van der Waals surface area contributed by atoms with Crippen molar-refractivity contribution >= 4 is 43.6 Å². The molecule has 0 saturated carbocycles. The average molecular weight is 1260 g/mol. The fourth-order valence-electron chi connectivity index (χ4n) is 16.5. The molecule has 0 atom stereocenters. The van der Waals surface area contributed by atoms with E-state index in [1.165, 1.54) is 122 Å². The number of rotatable bonds is 12. The van der Waals surface area contributed by atoms with Crippen LogP contribution in [0.2, 0.25) is 0 Å². The summed E-state index contributed by atoms with van der Waals surface area (Å²) < 4.78 is 5.21. The van der Waals surface area contributed by atoms with Crippen molar-refractivity contribution in [1.29, 1.82) is 0 Å². The zero-order valence-corrected chi connectivity index (χ0v) is 54.3. The minimum absolute atomic E-state index is 0.688. The Morgan fingerprint density at radius 1 is 0.162 bits per heavy atom. The molecule has 99 heavy (non-hydrogen) atoms. The number of hydrogen-bond acceptors (Lipinski definition) is 0. The van der Waals surface area contributed by atoms with Crippen molar-refractivity contribution in [3.05, 3.63) is 411 Å². The second kappa shape index (κ2) is 23.8. The highest BCUT2D eigenvalue weighted by Gasteiger charge is 2.47. The zero-order valence-electron chi connectivity index (χ0n) is 54.3. The lowest BCUT2D eigenvalue weighted by Gasteiger charge is -2.34. The Hall–Kier alpha value is -12.9. The molecule has 0 unspecified atom stereocenters. The van der Waals surface area contributed by atoms with E-state index in [0.29, 0.717) is 0 Å². The minimum Gasteiger partial charge on any atom is -0.307 e. The van der Waals surface area contributed by atoms with Crippen molar-refractivity contribution in [2.24, 2.45) is 0 Å². The summed E-state index contributed by atoms with van der Waals surface area (Å²) in [7, 11) is 0. The molecule has 2 heteroatoms. The van der Waals surface area contributed by atoms with Crippen LogP contribution in [0.4, 0.5) is 0 Å². The molecule has 0 spiro atoms. The van der Waals surface area contributed by atoms with E-state index in [4.69, 9.17) is 0 Å². The van der Waals surface area contributed by atoms with Crippen LogP contribution in [0.25, 0.3) is 155 Å². The van der Waals surface area contributed by atoms with Gasteiger partial charge in [0.05, 0.1) is 38.9 Å². The molecule has 18 aromatic rings. The van der Waals surface area contributed by atoms with Gasteiger partial charge in [-0.3, -0.25) is 0 Å². The largest absolute Gasteiger partial charge is 0.307 e. The van der Waals surface area contributed by atoms with E-state index in [1.807, 2.05) is 0 Å².